The number of hydrogen-bond acceptors (Lipinski definition) is 5. The topological polar surface area (TPSA) is 97.5 Å². The molecule has 1 aromatic rings. The van der Waals surface area contributed by atoms with E-state index >= 15 is 0 Å². The van der Waals surface area contributed by atoms with Gasteiger partial charge in [0.2, 0.25) is 0 Å². The molecular formula is C12H17NO5S. The van der Waals surface area contributed by atoms with Crippen LogP contribution in [0.1, 0.15) is 30.9 Å². The molecule has 19 heavy (non-hydrogen) atoms. The predicted molar refractivity (Wildman–Crippen MR) is 67.5 cm³/mol. The third kappa shape index (κ3) is 4.34. The minimum Gasteiger partial charge on any atom is -0.481 e. The number of oxazole rings is 1. The molecule has 0 radical (unpaired) electrons. The van der Waals surface area contributed by atoms with E-state index in [4.69, 9.17) is 9.52 Å². The maximum atomic E-state index is 11.5. The molecule has 1 unspecified atom stereocenters. The van der Waals surface area contributed by atoms with Gasteiger partial charge in [0.1, 0.15) is 5.76 Å². The number of sulfone groups is 1. The van der Waals surface area contributed by atoms with Gasteiger partial charge in [-0.05, 0) is 18.8 Å². The predicted octanol–water partition coefficient (Wildman–Crippen LogP) is 1.06. The Kier molecular flexibility index (Phi) is 4.24. The average Bonchev–Trinajstić information content (AvgIpc) is 2.73. The Morgan fingerprint density at radius 1 is 1.53 bits per heavy atom. The minimum atomic E-state index is -2.91. The van der Waals surface area contributed by atoms with Gasteiger partial charge in [-0.15, -0.1) is 0 Å². The monoisotopic (exact) mass is 287 g/mol. The van der Waals surface area contributed by atoms with E-state index in [0.29, 0.717) is 30.9 Å². The van der Waals surface area contributed by atoms with Crippen LogP contribution in [-0.4, -0.2) is 36.0 Å². The Morgan fingerprint density at radius 3 is 3.00 bits per heavy atom. The third-order valence-electron chi connectivity index (χ3n) is 3.21. The van der Waals surface area contributed by atoms with Crippen LogP contribution in [0, 0.1) is 5.92 Å². The molecule has 0 aromatic carbocycles. The van der Waals surface area contributed by atoms with Gasteiger partial charge in [-0.1, -0.05) is 0 Å². The number of aryl methyl sites for hydroxylation is 1. The van der Waals surface area contributed by atoms with Crippen molar-refractivity contribution in [3.05, 3.63) is 17.8 Å². The Hall–Kier alpha value is -1.37. The quantitative estimate of drug-likeness (QED) is 0.869. The van der Waals surface area contributed by atoms with E-state index in [-0.39, 0.29) is 23.8 Å². The van der Waals surface area contributed by atoms with Crippen molar-refractivity contribution >= 4 is 15.8 Å². The molecule has 2 rings (SSSR count). The summed E-state index contributed by atoms with van der Waals surface area (Å²) in [5, 5.41) is 8.57. The van der Waals surface area contributed by atoms with E-state index in [1.165, 1.54) is 6.20 Å². The van der Waals surface area contributed by atoms with E-state index in [1.54, 1.807) is 0 Å². The molecule has 1 atom stereocenters. The molecular weight excluding hydrogens is 270 g/mol. The highest BCUT2D eigenvalue weighted by atomic mass is 32.2. The lowest BCUT2D eigenvalue weighted by molar-refractivity contribution is -0.137. The van der Waals surface area contributed by atoms with Gasteiger partial charge in [0.15, 0.2) is 15.7 Å². The second-order valence-electron chi connectivity index (χ2n) is 4.94. The van der Waals surface area contributed by atoms with Gasteiger partial charge >= 0.3 is 5.97 Å². The number of carboxylic acids is 1. The minimum absolute atomic E-state index is 0.00639. The van der Waals surface area contributed by atoms with Crippen LogP contribution in [0.2, 0.25) is 0 Å². The van der Waals surface area contributed by atoms with Crippen molar-refractivity contribution in [2.45, 2.75) is 32.1 Å². The molecule has 1 aliphatic rings. The third-order valence-corrected chi connectivity index (χ3v) is 5.10. The van der Waals surface area contributed by atoms with E-state index < -0.39 is 15.8 Å². The second-order valence-corrected chi connectivity index (χ2v) is 7.17. The maximum Gasteiger partial charge on any atom is 0.303 e. The molecule has 0 saturated carbocycles. The second kappa shape index (κ2) is 5.73. The summed E-state index contributed by atoms with van der Waals surface area (Å²) in [6, 6.07) is 0. The zero-order valence-corrected chi connectivity index (χ0v) is 11.4. The van der Waals surface area contributed by atoms with Crippen LogP contribution in [-0.2, 0) is 27.5 Å². The van der Waals surface area contributed by atoms with E-state index in [9.17, 15) is 13.2 Å². The molecule has 1 N–H and O–H groups in total. The first kappa shape index (κ1) is 14.0. The molecule has 1 saturated heterocycles. The van der Waals surface area contributed by atoms with Crippen molar-refractivity contribution in [3.63, 3.8) is 0 Å². The van der Waals surface area contributed by atoms with Gasteiger partial charge < -0.3 is 9.52 Å². The molecule has 0 bridgehead atoms. The highest BCUT2D eigenvalue weighted by molar-refractivity contribution is 7.91. The van der Waals surface area contributed by atoms with Crippen molar-refractivity contribution in [3.8, 4) is 0 Å². The van der Waals surface area contributed by atoms with Crippen molar-refractivity contribution in [2.24, 2.45) is 5.92 Å². The van der Waals surface area contributed by atoms with Gasteiger partial charge in [-0.2, -0.15) is 0 Å². The van der Waals surface area contributed by atoms with Crippen LogP contribution in [0.25, 0.3) is 0 Å². The van der Waals surface area contributed by atoms with Crippen LogP contribution < -0.4 is 0 Å². The summed E-state index contributed by atoms with van der Waals surface area (Å²) in [7, 11) is -2.91. The van der Waals surface area contributed by atoms with Crippen LogP contribution in [0.15, 0.2) is 10.6 Å². The normalized spacial score (nSPS) is 22.2. The standard InChI is InChI=1S/C12H17NO5S/c14-12(15)4-3-10-7-13-11(18-10)6-9-2-1-5-19(16,17)8-9/h7,9H,1-6,8H2,(H,14,15). The number of carboxylic acid groups (broad SMARTS) is 1. The SMILES string of the molecule is O=C(O)CCc1cnc(CC2CCCS(=O)(=O)C2)o1. The van der Waals surface area contributed by atoms with Crippen LogP contribution in [0.5, 0.6) is 0 Å². The maximum absolute atomic E-state index is 11.5. The molecule has 7 heteroatoms. The summed E-state index contributed by atoms with van der Waals surface area (Å²) >= 11 is 0. The van der Waals surface area contributed by atoms with Crippen molar-refractivity contribution in [1.82, 2.24) is 4.98 Å². The summed E-state index contributed by atoms with van der Waals surface area (Å²) in [6.07, 6.45) is 3.91. The first-order chi connectivity index (χ1) is 8.94. The molecule has 2 heterocycles. The lowest BCUT2D eigenvalue weighted by atomic mass is 10.0. The van der Waals surface area contributed by atoms with E-state index in [1.807, 2.05) is 0 Å². The highest BCUT2D eigenvalue weighted by Crippen LogP contribution is 2.22. The summed E-state index contributed by atoms with van der Waals surface area (Å²) < 4.78 is 28.5. The zero-order valence-electron chi connectivity index (χ0n) is 10.5. The fourth-order valence-corrected chi connectivity index (χ4v) is 4.09. The summed E-state index contributed by atoms with van der Waals surface area (Å²) in [5.41, 5.74) is 0. The fraction of sp³-hybridized carbons (Fsp3) is 0.667. The number of carbonyl (C=O) groups is 1. The van der Waals surface area contributed by atoms with Crippen LogP contribution in [0.4, 0.5) is 0 Å². The van der Waals surface area contributed by atoms with Crippen molar-refractivity contribution in [1.29, 1.82) is 0 Å². The lowest BCUT2D eigenvalue weighted by Crippen LogP contribution is -2.26. The first-order valence-electron chi connectivity index (χ1n) is 6.30. The summed E-state index contributed by atoms with van der Waals surface area (Å²) in [5.74, 6) is 0.693. The Balaban J connectivity index is 1.91. The lowest BCUT2D eigenvalue weighted by Gasteiger charge is -2.20. The van der Waals surface area contributed by atoms with E-state index in [0.717, 1.165) is 6.42 Å². The highest BCUT2D eigenvalue weighted by Gasteiger charge is 2.26. The van der Waals surface area contributed by atoms with Gasteiger partial charge in [-0.3, -0.25) is 4.79 Å². The van der Waals surface area contributed by atoms with Gasteiger partial charge in [-0.25, -0.2) is 13.4 Å². The van der Waals surface area contributed by atoms with Gasteiger partial charge in [0, 0.05) is 12.8 Å². The molecule has 1 fully saturated rings. The fourth-order valence-electron chi connectivity index (χ4n) is 2.31. The van der Waals surface area contributed by atoms with Crippen molar-refractivity contribution in [2.75, 3.05) is 11.5 Å². The summed E-state index contributed by atoms with van der Waals surface area (Å²) in [4.78, 5) is 14.5. The Bertz CT molecular complexity index is 548. The Morgan fingerprint density at radius 2 is 2.32 bits per heavy atom. The molecule has 106 valence electrons. The number of hydrogen-bond donors (Lipinski definition) is 1. The average molecular weight is 287 g/mol. The number of aromatic nitrogens is 1. The van der Waals surface area contributed by atoms with Crippen molar-refractivity contribution < 1.29 is 22.7 Å². The smallest absolute Gasteiger partial charge is 0.303 e. The molecule has 6 nitrogen and oxygen atoms in total. The van der Waals surface area contributed by atoms with E-state index in [2.05, 4.69) is 4.98 Å². The van der Waals surface area contributed by atoms with Crippen LogP contribution >= 0.6 is 0 Å². The van der Waals surface area contributed by atoms with Crippen LogP contribution in [0.3, 0.4) is 0 Å². The molecule has 0 amide bonds. The Labute approximate surface area is 111 Å². The molecule has 1 aliphatic heterocycles. The molecule has 0 spiro atoms. The van der Waals surface area contributed by atoms with Gasteiger partial charge in [0.05, 0.1) is 24.1 Å². The van der Waals surface area contributed by atoms with Gasteiger partial charge in [0.25, 0.3) is 0 Å². The summed E-state index contributed by atoms with van der Waals surface area (Å²) in [6.45, 7) is 0. The number of aliphatic carboxylic acids is 1. The largest absolute Gasteiger partial charge is 0.481 e. The molecule has 1 aromatic heterocycles. The number of nitrogens with zero attached hydrogens (tertiary/aromatic N) is 1. The zero-order chi connectivity index (χ0) is 13.9. The first-order valence-corrected chi connectivity index (χ1v) is 8.12. The number of rotatable bonds is 5. The molecule has 0 aliphatic carbocycles.